The first-order chi connectivity index (χ1) is 17.3. The van der Waals surface area contributed by atoms with Crippen LogP contribution in [0.15, 0.2) is 53.7 Å². The van der Waals surface area contributed by atoms with Gasteiger partial charge in [-0.3, -0.25) is 9.59 Å². The molecule has 3 aromatic rings. The summed E-state index contributed by atoms with van der Waals surface area (Å²) >= 11 is 0. The van der Waals surface area contributed by atoms with Gasteiger partial charge in [-0.05, 0) is 61.9 Å². The fourth-order valence-electron chi connectivity index (χ4n) is 4.80. The molecular weight excluding hydrogens is 494 g/mol. The van der Waals surface area contributed by atoms with Gasteiger partial charge in [0.2, 0.25) is 15.9 Å². The van der Waals surface area contributed by atoms with Crippen LogP contribution < -0.4 is 4.72 Å². The number of H-pyrrole nitrogens is 1. The second kappa shape index (κ2) is 12.1. The van der Waals surface area contributed by atoms with Crippen LogP contribution in [0.25, 0.3) is 10.9 Å². The highest BCUT2D eigenvalue weighted by atomic mass is 32.2. The molecule has 1 fully saturated rings. The maximum absolute atomic E-state index is 13.6. The standard InChI is InChI=1S/C25H29N5O5S.CH4/c26-16-19-5-3-13-29(19)15-11-22(25(33)30-14-2-4-18(17-30)8-9-24(31)32)28-36(34,35)23-7-1-6-21-20(23)10-12-27-21;/h1,3,5-7,10,12-13,18,22,27-28H,2,4,8-9,11,14-15,17H2,(H,31,32);1H4. The Bertz CT molecular complexity index is 1390. The maximum atomic E-state index is 13.6. The van der Waals surface area contributed by atoms with Gasteiger partial charge in [0.25, 0.3) is 0 Å². The first-order valence-electron chi connectivity index (χ1n) is 11.9. The van der Waals surface area contributed by atoms with Gasteiger partial charge in [-0.25, -0.2) is 8.42 Å². The van der Waals surface area contributed by atoms with Crippen LogP contribution in [0.2, 0.25) is 0 Å². The number of fused-ring (bicyclic) bond motifs is 1. The Morgan fingerprint density at radius 3 is 2.81 bits per heavy atom. The SMILES string of the molecule is C.N#Cc1cccn1CCC(NS(=O)(=O)c1cccc2[nH]ccc12)C(=O)N1CCCC(CCC(=O)O)C1. The highest BCUT2D eigenvalue weighted by molar-refractivity contribution is 7.89. The number of carboxylic acid groups (broad SMARTS) is 1. The smallest absolute Gasteiger partial charge is 0.303 e. The number of nitrogens with zero attached hydrogens (tertiary/aromatic N) is 3. The van der Waals surface area contributed by atoms with Crippen molar-refractivity contribution in [3.63, 3.8) is 0 Å². The molecule has 3 N–H and O–H groups in total. The molecule has 1 amide bonds. The molecule has 1 saturated heterocycles. The largest absolute Gasteiger partial charge is 0.481 e. The molecule has 1 aliphatic heterocycles. The van der Waals surface area contributed by atoms with Crippen molar-refractivity contribution in [2.24, 2.45) is 5.92 Å². The summed E-state index contributed by atoms with van der Waals surface area (Å²) in [5.41, 5.74) is 1.09. The molecule has 0 bridgehead atoms. The molecule has 2 unspecified atom stereocenters. The van der Waals surface area contributed by atoms with Crippen molar-refractivity contribution in [1.29, 1.82) is 5.26 Å². The summed E-state index contributed by atoms with van der Waals surface area (Å²) < 4.78 is 31.2. The van der Waals surface area contributed by atoms with Crippen molar-refractivity contribution < 1.29 is 23.1 Å². The predicted octanol–water partition coefficient (Wildman–Crippen LogP) is 3.32. The van der Waals surface area contributed by atoms with E-state index in [1.54, 1.807) is 52.2 Å². The lowest BCUT2D eigenvalue weighted by molar-refractivity contribution is -0.137. The Kier molecular flexibility index (Phi) is 9.13. The molecule has 0 saturated carbocycles. The normalized spacial score (nSPS) is 16.6. The van der Waals surface area contributed by atoms with E-state index in [9.17, 15) is 23.3 Å². The summed E-state index contributed by atoms with van der Waals surface area (Å²) in [6.07, 6.45) is 5.60. The molecule has 0 aliphatic carbocycles. The van der Waals surface area contributed by atoms with E-state index in [0.717, 1.165) is 12.8 Å². The number of aliphatic carboxylic acids is 1. The summed E-state index contributed by atoms with van der Waals surface area (Å²) in [5, 5.41) is 18.9. The van der Waals surface area contributed by atoms with Crippen LogP contribution in [-0.4, -0.2) is 59.0 Å². The number of likely N-dealkylation sites (tertiary alicyclic amines) is 1. The average Bonchev–Trinajstić information content (AvgIpc) is 3.54. The summed E-state index contributed by atoms with van der Waals surface area (Å²) in [4.78, 5) is 29.3. The van der Waals surface area contributed by atoms with Crippen LogP contribution in [0.5, 0.6) is 0 Å². The van der Waals surface area contributed by atoms with E-state index >= 15 is 0 Å². The predicted molar refractivity (Wildman–Crippen MR) is 139 cm³/mol. The lowest BCUT2D eigenvalue weighted by Crippen LogP contribution is -2.51. The van der Waals surface area contributed by atoms with Gasteiger partial charge in [0.15, 0.2) is 0 Å². The molecule has 3 heterocycles. The van der Waals surface area contributed by atoms with Crippen molar-refractivity contribution in [2.45, 2.75) is 57.0 Å². The van der Waals surface area contributed by atoms with E-state index in [2.05, 4.69) is 15.8 Å². The third-order valence-corrected chi connectivity index (χ3v) is 8.17. The third-order valence-electron chi connectivity index (χ3n) is 6.64. The van der Waals surface area contributed by atoms with Crippen molar-refractivity contribution in [3.05, 3.63) is 54.5 Å². The number of amides is 1. The number of piperidine rings is 1. The molecule has 37 heavy (non-hydrogen) atoms. The Morgan fingerprint density at radius 1 is 1.24 bits per heavy atom. The number of benzene rings is 1. The van der Waals surface area contributed by atoms with Gasteiger partial charge < -0.3 is 19.6 Å². The number of hydrogen-bond donors (Lipinski definition) is 3. The molecule has 10 nitrogen and oxygen atoms in total. The number of hydrogen-bond acceptors (Lipinski definition) is 5. The Balaban J connectivity index is 0.00000380. The third kappa shape index (κ3) is 6.58. The number of nitrogens with one attached hydrogen (secondary N) is 2. The van der Waals surface area contributed by atoms with E-state index in [4.69, 9.17) is 5.11 Å². The monoisotopic (exact) mass is 527 g/mol. The minimum atomic E-state index is -4.05. The molecule has 1 aliphatic rings. The number of aromatic nitrogens is 2. The van der Waals surface area contributed by atoms with Gasteiger partial charge in [0, 0.05) is 49.4 Å². The molecule has 2 aromatic heterocycles. The van der Waals surface area contributed by atoms with Gasteiger partial charge in [-0.2, -0.15) is 9.98 Å². The number of sulfonamides is 1. The zero-order valence-electron chi connectivity index (χ0n) is 19.8. The van der Waals surface area contributed by atoms with E-state index in [1.165, 1.54) is 6.07 Å². The molecule has 1 aromatic carbocycles. The van der Waals surface area contributed by atoms with Crippen molar-refractivity contribution in [1.82, 2.24) is 19.2 Å². The Labute approximate surface area is 216 Å². The number of aromatic amines is 1. The summed E-state index contributed by atoms with van der Waals surface area (Å²) in [5.74, 6) is -1.16. The number of carbonyl (C=O) groups is 2. The molecule has 198 valence electrons. The van der Waals surface area contributed by atoms with Crippen molar-refractivity contribution in [3.8, 4) is 6.07 Å². The van der Waals surface area contributed by atoms with Crippen LogP contribution in [0.4, 0.5) is 0 Å². The molecule has 2 atom stereocenters. The van der Waals surface area contributed by atoms with Crippen LogP contribution in [-0.2, 0) is 26.2 Å². The maximum Gasteiger partial charge on any atom is 0.303 e. The fourth-order valence-corrected chi connectivity index (χ4v) is 6.25. The minimum Gasteiger partial charge on any atom is -0.481 e. The number of carboxylic acids is 1. The second-order valence-electron chi connectivity index (χ2n) is 9.08. The Hall–Kier alpha value is -3.62. The average molecular weight is 528 g/mol. The highest BCUT2D eigenvalue weighted by Gasteiger charge is 2.32. The zero-order chi connectivity index (χ0) is 25.7. The minimum absolute atomic E-state index is 0. The summed E-state index contributed by atoms with van der Waals surface area (Å²) in [7, 11) is -4.05. The first kappa shape index (κ1) is 28.0. The molecular formula is C26H33N5O5S. The lowest BCUT2D eigenvalue weighted by Gasteiger charge is -2.35. The van der Waals surface area contributed by atoms with Gasteiger partial charge in [-0.15, -0.1) is 0 Å². The fraction of sp³-hybridized carbons (Fsp3) is 0.423. The van der Waals surface area contributed by atoms with E-state index in [1.807, 2.05) is 0 Å². The van der Waals surface area contributed by atoms with Gasteiger partial charge in [0.1, 0.15) is 17.8 Å². The van der Waals surface area contributed by atoms with Crippen molar-refractivity contribution in [2.75, 3.05) is 13.1 Å². The number of rotatable bonds is 10. The molecule has 0 spiro atoms. The molecule has 4 rings (SSSR count). The van der Waals surface area contributed by atoms with Gasteiger partial charge in [0.05, 0.1) is 4.90 Å². The van der Waals surface area contributed by atoms with Crippen LogP contribution >= 0.6 is 0 Å². The quantitative estimate of drug-likeness (QED) is 0.368. The van der Waals surface area contributed by atoms with Crippen LogP contribution in [0.1, 0.15) is 45.2 Å². The number of carbonyl (C=O) groups excluding carboxylic acids is 1. The zero-order valence-corrected chi connectivity index (χ0v) is 20.6. The summed E-state index contributed by atoms with van der Waals surface area (Å²) in [6, 6.07) is 11.0. The topological polar surface area (TPSA) is 148 Å². The lowest BCUT2D eigenvalue weighted by atomic mass is 9.93. The number of aryl methyl sites for hydroxylation is 1. The molecule has 0 radical (unpaired) electrons. The van der Waals surface area contributed by atoms with Crippen molar-refractivity contribution >= 4 is 32.8 Å². The Morgan fingerprint density at radius 2 is 2.05 bits per heavy atom. The van der Waals surface area contributed by atoms with Crippen LogP contribution in [0.3, 0.4) is 0 Å². The first-order valence-corrected chi connectivity index (χ1v) is 13.4. The molecule has 11 heteroatoms. The van der Waals surface area contributed by atoms with Gasteiger partial charge >= 0.3 is 5.97 Å². The van der Waals surface area contributed by atoms with E-state index in [0.29, 0.717) is 36.1 Å². The van der Waals surface area contributed by atoms with E-state index in [-0.39, 0.29) is 43.5 Å². The number of nitriles is 1. The van der Waals surface area contributed by atoms with Gasteiger partial charge in [-0.1, -0.05) is 13.5 Å². The summed E-state index contributed by atoms with van der Waals surface area (Å²) in [6.45, 7) is 1.16. The van der Waals surface area contributed by atoms with E-state index < -0.39 is 22.0 Å². The van der Waals surface area contributed by atoms with Crippen LogP contribution in [0, 0.1) is 17.2 Å². The second-order valence-corrected chi connectivity index (χ2v) is 10.8. The highest BCUT2D eigenvalue weighted by Crippen LogP contribution is 2.25.